The van der Waals surface area contributed by atoms with Gasteiger partial charge in [-0.3, -0.25) is 18.7 Å². The zero-order chi connectivity index (χ0) is 29.2. The van der Waals surface area contributed by atoms with Gasteiger partial charge < -0.3 is 10.4 Å². The number of likely N-dealkylation sites (tertiary alicyclic amines) is 1. The molecule has 0 saturated carbocycles. The Morgan fingerprint density at radius 2 is 1.72 bits per heavy atom. The van der Waals surface area contributed by atoms with Crippen molar-refractivity contribution in [1.29, 1.82) is 0 Å². The van der Waals surface area contributed by atoms with E-state index in [1.165, 1.54) is 24.3 Å². The molecule has 1 aliphatic heterocycles. The molecule has 1 heterocycles. The highest BCUT2D eigenvalue weighted by molar-refractivity contribution is 7.86. The lowest BCUT2D eigenvalue weighted by Crippen LogP contribution is -2.66. The van der Waals surface area contributed by atoms with Gasteiger partial charge in [0.25, 0.3) is 16.0 Å². The number of piperidine rings is 1. The normalized spacial score (nSPS) is 18.5. The third-order valence-electron chi connectivity index (χ3n) is 7.01. The topological polar surface area (TPSA) is 113 Å². The number of nitrogens with zero attached hydrogens (tertiary/aromatic N) is 1. The Bertz CT molecular complexity index is 1300. The largest absolute Gasteiger partial charge is 0.389 e. The van der Waals surface area contributed by atoms with Crippen molar-refractivity contribution in [3.63, 3.8) is 0 Å². The van der Waals surface area contributed by atoms with Crippen molar-refractivity contribution < 1.29 is 31.7 Å². The number of nitrogens with one attached hydrogen (secondary N) is 1. The number of hydrogen-bond acceptors (Lipinski definition) is 7. The molecule has 1 saturated heterocycles. The Hall–Kier alpha value is -2.37. The van der Waals surface area contributed by atoms with Gasteiger partial charge in [-0.25, -0.2) is 4.39 Å². The van der Waals surface area contributed by atoms with Gasteiger partial charge >= 0.3 is 0 Å². The second-order valence-corrected chi connectivity index (χ2v) is 13.4. The maximum atomic E-state index is 13.7. The molecule has 1 fully saturated rings. The summed E-state index contributed by atoms with van der Waals surface area (Å²) in [5.41, 5.74) is 0.241. The smallest absolute Gasteiger partial charge is 0.297 e. The summed E-state index contributed by atoms with van der Waals surface area (Å²) in [6.07, 6.45) is -0.361. The molecule has 11 heteroatoms. The fourth-order valence-corrected chi connectivity index (χ4v) is 6.36. The highest BCUT2D eigenvalue weighted by Crippen LogP contribution is 2.38. The second kappa shape index (κ2) is 12.0. The molecule has 8 nitrogen and oxygen atoms in total. The third-order valence-corrected chi connectivity index (χ3v) is 8.61. The summed E-state index contributed by atoms with van der Waals surface area (Å²) in [7, 11) is -4.01. The minimum absolute atomic E-state index is 0.0215. The predicted molar refractivity (Wildman–Crippen MR) is 146 cm³/mol. The molecule has 2 aromatic rings. The van der Waals surface area contributed by atoms with Crippen LogP contribution >= 0.6 is 11.6 Å². The van der Waals surface area contributed by atoms with E-state index >= 15 is 0 Å². The average Bonchev–Trinajstić information content (AvgIpc) is 2.82. The summed E-state index contributed by atoms with van der Waals surface area (Å²) in [5.74, 6) is -2.08. The van der Waals surface area contributed by atoms with Crippen molar-refractivity contribution in [3.05, 3.63) is 64.4 Å². The molecule has 0 bridgehead atoms. The van der Waals surface area contributed by atoms with Gasteiger partial charge in [-0.05, 0) is 77.3 Å². The Morgan fingerprint density at radius 3 is 2.28 bits per heavy atom. The molecule has 39 heavy (non-hydrogen) atoms. The number of halogens is 2. The molecular weight excluding hydrogens is 547 g/mol. The quantitative estimate of drug-likeness (QED) is 0.324. The van der Waals surface area contributed by atoms with Gasteiger partial charge in [0.1, 0.15) is 5.82 Å². The van der Waals surface area contributed by atoms with E-state index in [-0.39, 0.29) is 28.9 Å². The molecule has 2 N–H and O–H groups in total. The number of aliphatic hydroxyl groups is 1. The average molecular weight is 583 g/mol. The molecular formula is C28H36ClFN2O6S. The van der Waals surface area contributed by atoms with Gasteiger partial charge in [-0.15, -0.1) is 0 Å². The molecule has 0 aromatic heterocycles. The zero-order valence-electron chi connectivity index (χ0n) is 22.8. The molecule has 3 rings (SSSR count). The van der Waals surface area contributed by atoms with E-state index in [1.807, 2.05) is 34.6 Å². The Balaban J connectivity index is 1.59. The van der Waals surface area contributed by atoms with Crippen LogP contribution in [0.1, 0.15) is 51.7 Å². The van der Waals surface area contributed by atoms with Crippen LogP contribution in [0.5, 0.6) is 0 Å². The minimum atomic E-state index is -4.01. The molecule has 0 spiro atoms. The van der Waals surface area contributed by atoms with Crippen LogP contribution in [0.3, 0.4) is 0 Å². The summed E-state index contributed by atoms with van der Waals surface area (Å²) < 4.78 is 43.8. The number of benzene rings is 2. The first-order chi connectivity index (χ1) is 18.0. The SMILES string of the molecule is Cc1ccc(S(=O)(=O)OCC(O)CN2C(C)(C)CC(NC(=O)C(=O)Cc3ccc(Cl)c(F)c3)CC2(C)C)cc1. The first-order valence-corrected chi connectivity index (χ1v) is 14.5. The first-order valence-electron chi connectivity index (χ1n) is 12.7. The summed E-state index contributed by atoms with van der Waals surface area (Å²) in [6, 6.07) is 9.93. The van der Waals surface area contributed by atoms with E-state index in [2.05, 4.69) is 10.2 Å². The van der Waals surface area contributed by atoms with E-state index in [0.29, 0.717) is 18.4 Å². The van der Waals surface area contributed by atoms with Crippen molar-refractivity contribution in [2.75, 3.05) is 13.2 Å². The van der Waals surface area contributed by atoms with Crippen LogP contribution in [0.25, 0.3) is 0 Å². The lowest BCUT2D eigenvalue weighted by molar-refractivity contribution is -0.139. The molecule has 0 aliphatic carbocycles. The van der Waals surface area contributed by atoms with Crippen LogP contribution in [0.2, 0.25) is 5.02 Å². The molecule has 0 radical (unpaired) electrons. The number of aliphatic hydroxyl groups excluding tert-OH is 1. The van der Waals surface area contributed by atoms with Crippen LogP contribution in [0, 0.1) is 12.7 Å². The second-order valence-electron chi connectivity index (χ2n) is 11.4. The summed E-state index contributed by atoms with van der Waals surface area (Å²) in [4.78, 5) is 27.3. The maximum Gasteiger partial charge on any atom is 0.297 e. The first kappa shape index (κ1) is 31.2. The number of Topliss-reactive ketones (excluding diaryl/α,β-unsaturated/α-hetero) is 1. The van der Waals surface area contributed by atoms with Crippen molar-refractivity contribution in [1.82, 2.24) is 10.2 Å². The van der Waals surface area contributed by atoms with Crippen LogP contribution < -0.4 is 5.32 Å². The standard InChI is InChI=1S/C28H36ClFN2O6S/c1-18-6-9-22(10-7-18)39(36,37)38-17-21(33)16-32-27(2,3)14-20(15-28(32,4)5)31-26(35)25(34)13-19-8-11-23(29)24(30)12-19/h6-12,20-21,33H,13-17H2,1-5H3,(H,31,35). The number of amides is 1. The number of carbonyl (C=O) groups is 2. The van der Waals surface area contributed by atoms with Gasteiger partial charge in [-0.2, -0.15) is 8.42 Å². The van der Waals surface area contributed by atoms with Gasteiger partial charge in [0.15, 0.2) is 0 Å². The van der Waals surface area contributed by atoms with Gasteiger partial charge in [-0.1, -0.05) is 35.4 Å². The van der Waals surface area contributed by atoms with Crippen molar-refractivity contribution in [3.8, 4) is 0 Å². The number of ketones is 1. The van der Waals surface area contributed by atoms with E-state index in [9.17, 15) is 27.5 Å². The molecule has 1 unspecified atom stereocenters. The van der Waals surface area contributed by atoms with E-state index in [4.69, 9.17) is 15.8 Å². The van der Waals surface area contributed by atoms with Crippen LogP contribution in [-0.4, -0.2) is 66.5 Å². The zero-order valence-corrected chi connectivity index (χ0v) is 24.4. The van der Waals surface area contributed by atoms with E-state index in [0.717, 1.165) is 11.6 Å². The summed E-state index contributed by atoms with van der Waals surface area (Å²) in [6.45, 7) is 9.43. The number of β-amino-alcohol motifs (C(OH)–C–C–N with tert-alkyl or cyclic N) is 1. The highest BCUT2D eigenvalue weighted by Gasteiger charge is 2.46. The van der Waals surface area contributed by atoms with Gasteiger partial charge in [0.05, 0.1) is 22.6 Å². The number of hydrogen-bond donors (Lipinski definition) is 2. The third kappa shape index (κ3) is 8.08. The van der Waals surface area contributed by atoms with Crippen molar-refractivity contribution in [2.24, 2.45) is 0 Å². The van der Waals surface area contributed by atoms with Gasteiger partial charge in [0.2, 0.25) is 5.78 Å². The molecule has 1 aliphatic rings. The number of aryl methyl sites for hydroxylation is 1. The minimum Gasteiger partial charge on any atom is -0.389 e. The van der Waals surface area contributed by atoms with E-state index in [1.54, 1.807) is 12.1 Å². The Kier molecular flexibility index (Phi) is 9.60. The molecule has 2 aromatic carbocycles. The molecule has 214 valence electrons. The lowest BCUT2D eigenvalue weighted by atomic mass is 9.76. The molecule has 1 amide bonds. The van der Waals surface area contributed by atoms with Crippen molar-refractivity contribution >= 4 is 33.4 Å². The van der Waals surface area contributed by atoms with Crippen LogP contribution in [0.15, 0.2) is 47.4 Å². The van der Waals surface area contributed by atoms with Crippen molar-refractivity contribution in [2.45, 2.75) is 82.0 Å². The Labute approximate surface area is 234 Å². The van der Waals surface area contributed by atoms with Gasteiger partial charge in [0, 0.05) is 30.1 Å². The van der Waals surface area contributed by atoms with Crippen LogP contribution in [-0.2, 0) is 30.3 Å². The van der Waals surface area contributed by atoms with Crippen LogP contribution in [0.4, 0.5) is 4.39 Å². The maximum absolute atomic E-state index is 13.7. The lowest BCUT2D eigenvalue weighted by Gasteiger charge is -2.55. The number of carbonyl (C=O) groups excluding carboxylic acids is 2. The molecule has 1 atom stereocenters. The summed E-state index contributed by atoms with van der Waals surface area (Å²) in [5, 5.41) is 13.5. The van der Waals surface area contributed by atoms with E-state index < -0.39 is 51.4 Å². The number of rotatable bonds is 10. The monoisotopic (exact) mass is 582 g/mol. The highest BCUT2D eigenvalue weighted by atomic mass is 35.5. The predicted octanol–water partition coefficient (Wildman–Crippen LogP) is 3.80. The fourth-order valence-electron chi connectivity index (χ4n) is 5.30. The Morgan fingerprint density at radius 1 is 1.13 bits per heavy atom. The summed E-state index contributed by atoms with van der Waals surface area (Å²) >= 11 is 5.68. The fraction of sp³-hybridized carbons (Fsp3) is 0.500.